The van der Waals surface area contributed by atoms with Crippen LogP contribution in [0, 0.1) is 5.92 Å². The smallest absolute Gasteiger partial charge is 0.322 e. The lowest BCUT2D eigenvalue weighted by molar-refractivity contribution is -0.134. The molecule has 1 aliphatic heterocycles. The summed E-state index contributed by atoms with van der Waals surface area (Å²) < 4.78 is 0. The maximum Gasteiger partial charge on any atom is 0.344 e. The van der Waals surface area contributed by atoms with Gasteiger partial charge in [-0.25, -0.2) is 4.79 Å². The van der Waals surface area contributed by atoms with Crippen molar-refractivity contribution in [2.45, 2.75) is 38.1 Å². The van der Waals surface area contributed by atoms with Gasteiger partial charge in [0.2, 0.25) is 0 Å². The number of carbonyl (C=O) groups is 3. The number of benzene rings is 1. The number of hydrazine groups is 1. The highest BCUT2D eigenvalue weighted by atomic mass is 16.2. The lowest BCUT2D eigenvalue weighted by atomic mass is 9.77. The number of nitrogens with zero attached hydrogens (tertiary/aromatic N) is 1. The van der Waals surface area contributed by atoms with Gasteiger partial charge in [0.15, 0.2) is 0 Å². The van der Waals surface area contributed by atoms with Crippen LogP contribution in [0.2, 0.25) is 0 Å². The molecule has 3 rings (SSSR count). The first-order valence-corrected chi connectivity index (χ1v) is 7.54. The molecule has 0 radical (unpaired) electrons. The van der Waals surface area contributed by atoms with Crippen LogP contribution in [0.5, 0.6) is 0 Å². The van der Waals surface area contributed by atoms with E-state index in [0.717, 1.165) is 17.9 Å². The van der Waals surface area contributed by atoms with E-state index in [2.05, 4.69) is 17.7 Å². The molecule has 2 fully saturated rings. The van der Waals surface area contributed by atoms with Crippen LogP contribution in [0.15, 0.2) is 30.3 Å². The molecule has 1 saturated carbocycles. The molecule has 22 heavy (non-hydrogen) atoms. The summed E-state index contributed by atoms with van der Waals surface area (Å²) in [4.78, 5) is 36.8. The zero-order valence-corrected chi connectivity index (χ0v) is 12.5. The Kier molecular flexibility index (Phi) is 3.60. The van der Waals surface area contributed by atoms with Gasteiger partial charge in [0, 0.05) is 5.56 Å². The Hall–Kier alpha value is -2.37. The van der Waals surface area contributed by atoms with Crippen LogP contribution in [-0.2, 0) is 4.79 Å². The Bertz CT molecular complexity index is 606. The fourth-order valence-corrected chi connectivity index (χ4v) is 3.07. The third-order valence-electron chi connectivity index (χ3n) is 4.54. The largest absolute Gasteiger partial charge is 0.344 e. The third kappa shape index (κ3) is 2.45. The molecule has 6 heteroatoms. The minimum absolute atomic E-state index is 0.353. The molecule has 6 nitrogen and oxygen atoms in total. The van der Waals surface area contributed by atoms with Gasteiger partial charge in [-0.15, -0.1) is 0 Å². The van der Waals surface area contributed by atoms with Gasteiger partial charge in [-0.1, -0.05) is 25.1 Å². The molecule has 0 unspecified atom stereocenters. The molecule has 1 saturated heterocycles. The Balaban J connectivity index is 1.74. The van der Waals surface area contributed by atoms with Gasteiger partial charge in [-0.2, -0.15) is 5.01 Å². The van der Waals surface area contributed by atoms with Crippen molar-refractivity contribution in [2.75, 3.05) is 0 Å². The van der Waals surface area contributed by atoms with E-state index in [0.29, 0.717) is 24.3 Å². The number of nitrogens with one attached hydrogen (secondary N) is 2. The molecule has 4 amide bonds. The second-order valence-corrected chi connectivity index (χ2v) is 6.14. The lowest BCUT2D eigenvalue weighted by Crippen LogP contribution is -2.51. The van der Waals surface area contributed by atoms with Crippen molar-refractivity contribution in [2.24, 2.45) is 5.92 Å². The molecule has 1 aromatic carbocycles. The molecule has 1 aromatic rings. The van der Waals surface area contributed by atoms with Gasteiger partial charge in [-0.05, 0) is 43.7 Å². The van der Waals surface area contributed by atoms with Crippen molar-refractivity contribution in [3.63, 3.8) is 0 Å². The number of rotatable bonds is 2. The lowest BCUT2D eigenvalue weighted by Gasteiger charge is -2.33. The number of carbonyl (C=O) groups excluding carboxylic acids is 3. The van der Waals surface area contributed by atoms with Crippen LogP contribution >= 0.6 is 0 Å². The highest BCUT2D eigenvalue weighted by molar-refractivity contribution is 6.09. The normalized spacial score (nSPS) is 27.9. The highest BCUT2D eigenvalue weighted by Crippen LogP contribution is 2.35. The first kappa shape index (κ1) is 14.6. The minimum atomic E-state index is -0.840. The summed E-state index contributed by atoms with van der Waals surface area (Å²) >= 11 is 0. The first-order chi connectivity index (χ1) is 10.5. The third-order valence-corrected chi connectivity index (χ3v) is 4.54. The van der Waals surface area contributed by atoms with E-state index < -0.39 is 17.5 Å². The fraction of sp³-hybridized carbons (Fsp3) is 0.438. The Labute approximate surface area is 128 Å². The molecule has 2 aliphatic rings. The predicted molar refractivity (Wildman–Crippen MR) is 79.6 cm³/mol. The van der Waals surface area contributed by atoms with E-state index in [1.54, 1.807) is 30.3 Å². The molecule has 1 spiro atoms. The monoisotopic (exact) mass is 301 g/mol. The zero-order valence-electron chi connectivity index (χ0n) is 12.5. The van der Waals surface area contributed by atoms with Gasteiger partial charge < -0.3 is 5.32 Å². The molecule has 0 bridgehead atoms. The number of amides is 4. The number of hydrogen-bond acceptors (Lipinski definition) is 3. The average Bonchev–Trinajstić information content (AvgIpc) is 2.76. The summed E-state index contributed by atoms with van der Waals surface area (Å²) in [6.07, 6.45) is 3.03. The van der Waals surface area contributed by atoms with Crippen LogP contribution in [-0.4, -0.2) is 28.4 Å². The molecule has 2 N–H and O–H groups in total. The Morgan fingerprint density at radius 2 is 1.86 bits per heavy atom. The summed E-state index contributed by atoms with van der Waals surface area (Å²) in [5.74, 6) is -0.262. The van der Waals surface area contributed by atoms with Crippen LogP contribution in [0.4, 0.5) is 4.79 Å². The molecule has 1 heterocycles. The Morgan fingerprint density at radius 3 is 2.50 bits per heavy atom. The van der Waals surface area contributed by atoms with Crippen LogP contribution in [0.3, 0.4) is 0 Å². The van der Waals surface area contributed by atoms with E-state index in [1.807, 2.05) is 0 Å². The molecule has 1 aliphatic carbocycles. The fourth-order valence-electron chi connectivity index (χ4n) is 3.07. The average molecular weight is 301 g/mol. The van der Waals surface area contributed by atoms with Crippen molar-refractivity contribution in [3.05, 3.63) is 35.9 Å². The van der Waals surface area contributed by atoms with E-state index in [1.165, 1.54) is 0 Å². The summed E-state index contributed by atoms with van der Waals surface area (Å²) in [5.41, 5.74) is 1.97. The molecular formula is C16H19N3O3. The van der Waals surface area contributed by atoms with E-state index >= 15 is 0 Å². The maximum absolute atomic E-state index is 12.6. The van der Waals surface area contributed by atoms with Crippen LogP contribution < -0.4 is 10.7 Å². The van der Waals surface area contributed by atoms with Gasteiger partial charge >= 0.3 is 6.03 Å². The minimum Gasteiger partial charge on any atom is -0.322 e. The van der Waals surface area contributed by atoms with Gasteiger partial charge in [0.1, 0.15) is 5.54 Å². The quantitative estimate of drug-likeness (QED) is 0.818. The summed E-state index contributed by atoms with van der Waals surface area (Å²) in [7, 11) is 0. The topological polar surface area (TPSA) is 78.5 Å². The van der Waals surface area contributed by atoms with Crippen LogP contribution in [0.25, 0.3) is 0 Å². The second-order valence-electron chi connectivity index (χ2n) is 6.14. The molecule has 0 aromatic heterocycles. The van der Waals surface area contributed by atoms with Crippen LogP contribution in [0.1, 0.15) is 43.0 Å². The molecule has 116 valence electrons. The van der Waals surface area contributed by atoms with Crippen molar-refractivity contribution in [1.29, 1.82) is 0 Å². The SMILES string of the molecule is CC1CCC2(CC1)NC(=O)N(NC(=O)c1ccccc1)C2=O. The summed E-state index contributed by atoms with van der Waals surface area (Å²) in [5, 5.41) is 3.59. The van der Waals surface area contributed by atoms with Crippen molar-refractivity contribution in [1.82, 2.24) is 15.8 Å². The number of urea groups is 1. The first-order valence-electron chi connectivity index (χ1n) is 7.54. The van der Waals surface area contributed by atoms with E-state index in [-0.39, 0.29) is 5.91 Å². The van der Waals surface area contributed by atoms with Gasteiger partial charge in [0.25, 0.3) is 11.8 Å². The van der Waals surface area contributed by atoms with Crippen molar-refractivity contribution < 1.29 is 14.4 Å². The zero-order chi connectivity index (χ0) is 15.7. The van der Waals surface area contributed by atoms with Crippen molar-refractivity contribution in [3.8, 4) is 0 Å². The van der Waals surface area contributed by atoms with Gasteiger partial charge in [-0.3, -0.25) is 15.0 Å². The van der Waals surface area contributed by atoms with Gasteiger partial charge in [0.05, 0.1) is 0 Å². The predicted octanol–water partition coefficient (Wildman–Crippen LogP) is 1.83. The van der Waals surface area contributed by atoms with E-state index in [4.69, 9.17) is 0 Å². The summed E-state index contributed by atoms with van der Waals surface area (Å²) in [6.45, 7) is 2.14. The maximum atomic E-state index is 12.6. The Morgan fingerprint density at radius 1 is 1.23 bits per heavy atom. The highest BCUT2D eigenvalue weighted by Gasteiger charge is 2.52. The van der Waals surface area contributed by atoms with Crippen molar-refractivity contribution >= 4 is 17.8 Å². The molecule has 0 atom stereocenters. The number of hydrogen-bond donors (Lipinski definition) is 2. The molecular weight excluding hydrogens is 282 g/mol. The number of imide groups is 1. The second kappa shape index (κ2) is 5.44. The van der Waals surface area contributed by atoms with E-state index in [9.17, 15) is 14.4 Å². The summed E-state index contributed by atoms with van der Waals surface area (Å²) in [6, 6.07) is 7.96. The standard InChI is InChI=1S/C16H19N3O3/c1-11-7-9-16(10-8-11)14(21)19(15(22)17-16)18-13(20)12-5-3-2-4-6-12/h2-6,11H,7-10H2,1H3,(H,17,22)(H,18,20).